The lowest BCUT2D eigenvalue weighted by Gasteiger charge is -2.29. The summed E-state index contributed by atoms with van der Waals surface area (Å²) < 4.78 is 42.1. The van der Waals surface area contributed by atoms with Crippen LogP contribution in [0.15, 0.2) is 30.3 Å². The van der Waals surface area contributed by atoms with Gasteiger partial charge in [0.2, 0.25) is 0 Å². The Balaban J connectivity index is 0.00000152. The summed E-state index contributed by atoms with van der Waals surface area (Å²) in [6.07, 6.45) is -4.79. The molecule has 0 aromatic heterocycles. The van der Waals surface area contributed by atoms with Gasteiger partial charge >= 0.3 is 24.2 Å². The van der Waals surface area contributed by atoms with E-state index in [2.05, 4.69) is 51.0 Å². The zero-order valence-electron chi connectivity index (χ0n) is 22.0. The number of aliphatic carboxylic acids is 1. The molecule has 36 heavy (non-hydrogen) atoms. The fraction of sp³-hybridized carbons (Fsp3) is 0.625. The van der Waals surface area contributed by atoms with Crippen LogP contribution in [0.5, 0.6) is 0 Å². The van der Waals surface area contributed by atoms with Crippen molar-refractivity contribution in [2.45, 2.75) is 77.7 Å². The van der Waals surface area contributed by atoms with Gasteiger partial charge in [-0.15, -0.1) is 0 Å². The highest BCUT2D eigenvalue weighted by atomic mass is 28.3. The van der Waals surface area contributed by atoms with Crippen molar-refractivity contribution in [3.05, 3.63) is 35.9 Å². The fourth-order valence-corrected chi connectivity index (χ4v) is 4.66. The summed E-state index contributed by atoms with van der Waals surface area (Å²) in [5.74, 6) is -3.01. The lowest BCUT2D eigenvalue weighted by atomic mass is 9.88. The number of methoxy groups -OCH3 is 1. The van der Waals surface area contributed by atoms with Gasteiger partial charge in [0, 0.05) is 20.7 Å². The second kappa shape index (κ2) is 14.8. The maximum Gasteiger partial charge on any atom is 0.490 e. The molecule has 1 rings (SSSR count). The van der Waals surface area contributed by atoms with Crippen LogP contribution in [0, 0.1) is 5.41 Å². The average Bonchev–Trinajstić information content (AvgIpc) is 2.73. The first-order chi connectivity index (χ1) is 16.3. The number of alkyl carbamates (subject to hydrolysis) is 1. The van der Waals surface area contributed by atoms with E-state index in [1.165, 1.54) is 7.11 Å². The van der Waals surface area contributed by atoms with Crippen LogP contribution in [0.2, 0.25) is 25.7 Å². The summed E-state index contributed by atoms with van der Waals surface area (Å²) in [5, 5.41) is 13.4. The largest absolute Gasteiger partial charge is 0.490 e. The maximum atomic E-state index is 12.3. The molecule has 0 heterocycles. The minimum absolute atomic E-state index is 0.0125. The van der Waals surface area contributed by atoms with Gasteiger partial charge in [-0.2, -0.15) is 13.2 Å². The summed E-state index contributed by atoms with van der Waals surface area (Å²) in [5.41, 5.74) is 0.951. The van der Waals surface area contributed by atoms with E-state index in [4.69, 9.17) is 19.4 Å². The minimum atomic E-state index is -5.08. The van der Waals surface area contributed by atoms with E-state index in [0.29, 0.717) is 6.54 Å². The Morgan fingerprint density at radius 3 is 2.00 bits per heavy atom. The molecule has 1 aromatic carbocycles. The molecule has 0 spiro atoms. The van der Waals surface area contributed by atoms with Crippen LogP contribution in [0.25, 0.3) is 0 Å². The number of carbonyl (C=O) groups is 3. The van der Waals surface area contributed by atoms with E-state index < -0.39 is 26.3 Å². The predicted molar refractivity (Wildman–Crippen MR) is 133 cm³/mol. The number of esters is 1. The molecule has 0 radical (unpaired) electrons. The number of carbonyl (C=O) groups excluding carboxylic acids is 2. The van der Waals surface area contributed by atoms with E-state index in [1.807, 2.05) is 30.3 Å². The Morgan fingerprint density at radius 2 is 1.58 bits per heavy atom. The van der Waals surface area contributed by atoms with Crippen LogP contribution >= 0.6 is 0 Å². The monoisotopic (exact) mass is 536 g/mol. The van der Waals surface area contributed by atoms with Gasteiger partial charge in [0.15, 0.2) is 0 Å². The zero-order chi connectivity index (χ0) is 28.2. The number of hydrogen-bond acceptors (Lipinski definition) is 6. The quantitative estimate of drug-likeness (QED) is 0.290. The van der Waals surface area contributed by atoms with Gasteiger partial charge in [-0.3, -0.25) is 4.79 Å². The lowest BCUT2D eigenvalue weighted by molar-refractivity contribution is -0.192. The Labute approximate surface area is 211 Å². The molecule has 3 N–H and O–H groups in total. The Bertz CT molecular complexity index is 824. The van der Waals surface area contributed by atoms with Crippen LogP contribution in [0.3, 0.4) is 0 Å². The molecule has 12 heteroatoms. The molecule has 2 atom stereocenters. The molecule has 0 fully saturated rings. The third-order valence-corrected chi connectivity index (χ3v) is 6.18. The summed E-state index contributed by atoms with van der Waals surface area (Å²) in [4.78, 5) is 33.4. The summed E-state index contributed by atoms with van der Waals surface area (Å²) in [7, 11) is -0.0659. The van der Waals surface area contributed by atoms with Crippen LogP contribution in [-0.2, 0) is 25.7 Å². The number of alkyl halides is 3. The number of hydrogen-bond donors (Lipinski definition) is 3. The van der Waals surface area contributed by atoms with Gasteiger partial charge in [-0.1, -0.05) is 70.7 Å². The van der Waals surface area contributed by atoms with E-state index in [9.17, 15) is 22.8 Å². The second-order valence-corrected chi connectivity index (χ2v) is 16.2. The molecule has 1 aromatic rings. The van der Waals surface area contributed by atoms with Crippen molar-refractivity contribution >= 4 is 26.1 Å². The van der Waals surface area contributed by atoms with Gasteiger partial charge in [0.25, 0.3) is 0 Å². The fourth-order valence-electron chi connectivity index (χ4n) is 3.12. The number of benzene rings is 1. The highest BCUT2D eigenvalue weighted by Crippen LogP contribution is 2.21. The third kappa shape index (κ3) is 16.9. The molecule has 0 aliphatic rings. The van der Waals surface area contributed by atoms with E-state index in [1.54, 1.807) is 0 Å². The predicted octanol–water partition coefficient (Wildman–Crippen LogP) is 4.82. The molecule has 8 nitrogen and oxygen atoms in total. The molecule has 0 aliphatic heterocycles. The van der Waals surface area contributed by atoms with Crippen molar-refractivity contribution in [1.29, 1.82) is 0 Å². The molecule has 0 bridgehead atoms. The van der Waals surface area contributed by atoms with Crippen molar-refractivity contribution in [2.75, 3.05) is 13.7 Å². The van der Waals surface area contributed by atoms with Crippen LogP contribution in [0.4, 0.5) is 18.0 Å². The molecular weight excluding hydrogens is 497 g/mol. The number of rotatable bonds is 10. The first-order valence-corrected chi connectivity index (χ1v) is 15.1. The van der Waals surface area contributed by atoms with Crippen LogP contribution < -0.4 is 10.6 Å². The van der Waals surface area contributed by atoms with Crippen molar-refractivity contribution < 1.29 is 42.1 Å². The summed E-state index contributed by atoms with van der Waals surface area (Å²) >= 11 is 0. The number of amides is 1. The summed E-state index contributed by atoms with van der Waals surface area (Å²) in [6.45, 7) is 13.7. The first-order valence-electron chi connectivity index (χ1n) is 11.4. The second-order valence-electron chi connectivity index (χ2n) is 10.7. The molecular formula is C24H39F3N2O6Si. The molecule has 0 saturated heterocycles. The lowest BCUT2D eigenvalue weighted by Crippen LogP contribution is -2.50. The van der Waals surface area contributed by atoms with Gasteiger partial charge in [0.1, 0.15) is 12.6 Å². The van der Waals surface area contributed by atoms with E-state index >= 15 is 0 Å². The topological polar surface area (TPSA) is 114 Å². The van der Waals surface area contributed by atoms with Gasteiger partial charge in [-0.05, 0) is 23.4 Å². The van der Waals surface area contributed by atoms with Crippen molar-refractivity contribution in [2.24, 2.45) is 5.41 Å². The van der Waals surface area contributed by atoms with E-state index in [-0.39, 0.29) is 30.1 Å². The standard InChI is InChI=1S/C22H38N2O4Si.C2HF3O2/c1-22(2,3)13-18(14-23-19(20(25)27-4)16-29(5,6)7)24-21(26)28-15-17-11-9-8-10-12-17;3-2(4,5)1(6)7/h8-12,18-19,23H,13-16H2,1-7H3,(H,24,26);(H,6,7)/t18-,19-;/m0./s1. The highest BCUT2D eigenvalue weighted by Gasteiger charge is 2.38. The Hall–Kier alpha value is -2.60. The van der Waals surface area contributed by atoms with Crippen molar-refractivity contribution in [3.8, 4) is 0 Å². The SMILES string of the molecule is COC(=O)[C@H](C[Si](C)(C)C)NC[C@H](CC(C)(C)C)NC(=O)OCc1ccccc1.O=C(O)C(F)(F)F. The Morgan fingerprint density at radius 1 is 1.06 bits per heavy atom. The van der Waals surface area contributed by atoms with Gasteiger partial charge < -0.3 is 25.2 Å². The normalized spacial score (nSPS) is 13.5. The smallest absolute Gasteiger partial charge is 0.475 e. The molecule has 0 aliphatic carbocycles. The highest BCUT2D eigenvalue weighted by molar-refractivity contribution is 6.76. The van der Waals surface area contributed by atoms with Gasteiger partial charge in [-0.25, -0.2) is 9.59 Å². The molecule has 206 valence electrons. The van der Waals surface area contributed by atoms with Crippen molar-refractivity contribution in [3.63, 3.8) is 0 Å². The average molecular weight is 537 g/mol. The number of ether oxygens (including phenoxy) is 2. The molecule has 0 unspecified atom stereocenters. The van der Waals surface area contributed by atoms with Crippen molar-refractivity contribution in [1.82, 2.24) is 10.6 Å². The maximum absolute atomic E-state index is 12.3. The first kappa shape index (κ1) is 33.4. The number of carboxylic acid groups (broad SMARTS) is 1. The number of halogens is 3. The number of nitrogens with one attached hydrogen (secondary N) is 2. The van der Waals surface area contributed by atoms with Crippen LogP contribution in [-0.4, -0.2) is 63.1 Å². The summed E-state index contributed by atoms with van der Waals surface area (Å²) in [6, 6.07) is 9.83. The van der Waals surface area contributed by atoms with Gasteiger partial charge in [0.05, 0.1) is 7.11 Å². The molecule has 1 amide bonds. The van der Waals surface area contributed by atoms with Crippen LogP contribution in [0.1, 0.15) is 32.8 Å². The Kier molecular flexibility index (Phi) is 13.8. The third-order valence-electron chi connectivity index (χ3n) is 4.55. The minimum Gasteiger partial charge on any atom is -0.475 e. The zero-order valence-corrected chi connectivity index (χ0v) is 23.0. The number of carboxylic acids is 1. The van der Waals surface area contributed by atoms with E-state index in [0.717, 1.165) is 18.0 Å². The molecule has 0 saturated carbocycles.